The quantitative estimate of drug-likeness (QED) is 0.172. The zero-order valence-corrected chi connectivity index (χ0v) is 28.1. The Balaban J connectivity index is 1.27. The van der Waals surface area contributed by atoms with E-state index in [2.05, 4.69) is 164 Å². The minimum Gasteiger partial charge on any atom is -0.256 e. The Hall–Kier alpha value is -7.04. The van der Waals surface area contributed by atoms with Gasteiger partial charge in [0.05, 0.1) is 5.52 Å². The third kappa shape index (κ3) is 5.09. The first-order chi connectivity index (χ1) is 25.8. The molecule has 10 rings (SSSR count). The molecule has 0 spiro atoms. The zero-order valence-electron chi connectivity index (χ0n) is 28.1. The molecule has 242 valence electrons. The molecule has 2 heterocycles. The molecule has 8 aromatic carbocycles. The van der Waals surface area contributed by atoms with Crippen molar-refractivity contribution in [3.63, 3.8) is 0 Å². The van der Waals surface area contributed by atoms with Crippen LogP contribution in [0.1, 0.15) is 0 Å². The molecule has 0 aliphatic heterocycles. The SMILES string of the molecule is c1ccc(-c2ccc(-c3nc(-c4ccc5ccccc5c4-c4ccccc4)nc(-c4cc5ncccc5c5c4ccc4ccccc45)n3)cc2)cc1. The lowest BCUT2D eigenvalue weighted by Crippen LogP contribution is -2.02. The minimum absolute atomic E-state index is 0.604. The predicted molar refractivity (Wildman–Crippen MR) is 215 cm³/mol. The molecule has 10 aromatic rings. The van der Waals surface area contributed by atoms with E-state index in [1.54, 1.807) is 0 Å². The maximum absolute atomic E-state index is 5.34. The summed E-state index contributed by atoms with van der Waals surface area (Å²) in [5.41, 5.74) is 8.18. The second-order valence-electron chi connectivity index (χ2n) is 13.0. The molecule has 4 heteroatoms. The van der Waals surface area contributed by atoms with Gasteiger partial charge in [-0.3, -0.25) is 4.98 Å². The summed E-state index contributed by atoms with van der Waals surface area (Å²) in [5.74, 6) is 1.83. The Kier molecular flexibility index (Phi) is 7.10. The van der Waals surface area contributed by atoms with E-state index in [1.807, 2.05) is 18.3 Å². The Morgan fingerprint density at radius 3 is 1.65 bits per heavy atom. The molecule has 0 N–H and O–H groups in total. The second-order valence-corrected chi connectivity index (χ2v) is 13.0. The van der Waals surface area contributed by atoms with Gasteiger partial charge in [0.25, 0.3) is 0 Å². The van der Waals surface area contributed by atoms with Crippen molar-refractivity contribution in [1.82, 2.24) is 19.9 Å². The van der Waals surface area contributed by atoms with E-state index in [0.717, 1.165) is 71.4 Å². The van der Waals surface area contributed by atoms with Crippen molar-refractivity contribution in [2.24, 2.45) is 0 Å². The van der Waals surface area contributed by atoms with Crippen LogP contribution in [0.25, 0.3) is 99.6 Å². The van der Waals surface area contributed by atoms with Crippen molar-refractivity contribution in [3.05, 3.63) is 182 Å². The Morgan fingerprint density at radius 1 is 0.327 bits per heavy atom. The highest BCUT2D eigenvalue weighted by molar-refractivity contribution is 6.23. The molecule has 0 aliphatic rings. The van der Waals surface area contributed by atoms with Crippen LogP contribution in [-0.4, -0.2) is 19.9 Å². The van der Waals surface area contributed by atoms with Gasteiger partial charge in [0.15, 0.2) is 17.5 Å². The average molecular weight is 663 g/mol. The molecule has 2 aromatic heterocycles. The standard InChI is InChI=1S/C48H30N4/c1-3-12-31(13-4-1)32-21-23-36(24-22-32)46-50-47(41-28-26-33-14-7-9-18-37(33)44(41)35-16-5-2-6-17-35)52-48(51-46)42-30-43-40(20-11-29-49-43)45-38-19-10-8-15-34(38)25-27-39(42)45/h1-30H. The lowest BCUT2D eigenvalue weighted by atomic mass is 9.92. The highest BCUT2D eigenvalue weighted by atomic mass is 15.0. The topological polar surface area (TPSA) is 51.6 Å². The number of benzene rings is 8. The van der Waals surface area contributed by atoms with Gasteiger partial charge in [0.1, 0.15) is 0 Å². The summed E-state index contributed by atoms with van der Waals surface area (Å²) in [4.78, 5) is 20.7. The first kappa shape index (κ1) is 29.8. The average Bonchev–Trinajstić information content (AvgIpc) is 3.23. The maximum Gasteiger partial charge on any atom is 0.164 e. The molecule has 52 heavy (non-hydrogen) atoms. The first-order valence-corrected chi connectivity index (χ1v) is 17.5. The zero-order chi connectivity index (χ0) is 34.4. The molecule has 0 amide bonds. The van der Waals surface area contributed by atoms with Crippen molar-refractivity contribution in [3.8, 4) is 56.4 Å². The van der Waals surface area contributed by atoms with Crippen LogP contribution < -0.4 is 0 Å². The monoisotopic (exact) mass is 662 g/mol. The summed E-state index contributed by atoms with van der Waals surface area (Å²) in [6.45, 7) is 0. The van der Waals surface area contributed by atoms with E-state index in [9.17, 15) is 0 Å². The van der Waals surface area contributed by atoms with Crippen LogP contribution in [-0.2, 0) is 0 Å². The molecule has 0 fully saturated rings. The fourth-order valence-corrected chi connectivity index (χ4v) is 7.49. The second kappa shape index (κ2) is 12.4. The number of hydrogen-bond acceptors (Lipinski definition) is 4. The Morgan fingerprint density at radius 2 is 0.885 bits per heavy atom. The number of hydrogen-bond donors (Lipinski definition) is 0. The van der Waals surface area contributed by atoms with Crippen molar-refractivity contribution >= 4 is 43.2 Å². The number of rotatable bonds is 5. The molecule has 0 unspecified atom stereocenters. The van der Waals surface area contributed by atoms with Crippen LogP contribution in [0.3, 0.4) is 0 Å². The van der Waals surface area contributed by atoms with Crippen LogP contribution in [0.4, 0.5) is 0 Å². The van der Waals surface area contributed by atoms with Crippen molar-refractivity contribution in [2.75, 3.05) is 0 Å². The largest absolute Gasteiger partial charge is 0.256 e. The van der Waals surface area contributed by atoms with Crippen LogP contribution in [0, 0.1) is 0 Å². The van der Waals surface area contributed by atoms with Crippen molar-refractivity contribution in [2.45, 2.75) is 0 Å². The molecular formula is C48H30N4. The normalized spacial score (nSPS) is 11.5. The highest BCUT2D eigenvalue weighted by Crippen LogP contribution is 2.41. The van der Waals surface area contributed by atoms with Crippen LogP contribution in [0.2, 0.25) is 0 Å². The number of pyridine rings is 1. The van der Waals surface area contributed by atoms with Crippen LogP contribution in [0.15, 0.2) is 182 Å². The van der Waals surface area contributed by atoms with Gasteiger partial charge in [-0.25, -0.2) is 15.0 Å². The number of aromatic nitrogens is 4. The van der Waals surface area contributed by atoms with Gasteiger partial charge in [-0.05, 0) is 67.2 Å². The Bertz CT molecular complexity index is 2920. The van der Waals surface area contributed by atoms with Gasteiger partial charge in [-0.1, -0.05) is 158 Å². The minimum atomic E-state index is 0.604. The third-order valence-electron chi connectivity index (χ3n) is 9.97. The smallest absolute Gasteiger partial charge is 0.164 e. The maximum atomic E-state index is 5.34. The molecular weight excluding hydrogens is 633 g/mol. The van der Waals surface area contributed by atoms with E-state index < -0.39 is 0 Å². The molecule has 4 nitrogen and oxygen atoms in total. The summed E-state index contributed by atoms with van der Waals surface area (Å²) in [5, 5.41) is 7.98. The summed E-state index contributed by atoms with van der Waals surface area (Å²) in [6, 6.07) is 61.5. The summed E-state index contributed by atoms with van der Waals surface area (Å²) in [7, 11) is 0. The summed E-state index contributed by atoms with van der Waals surface area (Å²) in [6.07, 6.45) is 1.85. The fraction of sp³-hybridized carbons (Fsp3) is 0. The van der Waals surface area contributed by atoms with Crippen molar-refractivity contribution in [1.29, 1.82) is 0 Å². The van der Waals surface area contributed by atoms with E-state index >= 15 is 0 Å². The first-order valence-electron chi connectivity index (χ1n) is 17.5. The predicted octanol–water partition coefficient (Wildman–Crippen LogP) is 12.2. The lowest BCUT2D eigenvalue weighted by Gasteiger charge is -2.16. The van der Waals surface area contributed by atoms with Crippen LogP contribution >= 0.6 is 0 Å². The van der Waals surface area contributed by atoms with Gasteiger partial charge in [0.2, 0.25) is 0 Å². The number of fused-ring (bicyclic) bond motifs is 6. The third-order valence-corrected chi connectivity index (χ3v) is 9.97. The summed E-state index contributed by atoms with van der Waals surface area (Å²) < 4.78 is 0. The fourth-order valence-electron chi connectivity index (χ4n) is 7.49. The van der Waals surface area contributed by atoms with Crippen molar-refractivity contribution < 1.29 is 0 Å². The Labute approximate surface area is 300 Å². The van der Waals surface area contributed by atoms with Gasteiger partial charge in [-0.2, -0.15) is 0 Å². The lowest BCUT2D eigenvalue weighted by molar-refractivity contribution is 1.08. The highest BCUT2D eigenvalue weighted by Gasteiger charge is 2.20. The van der Waals surface area contributed by atoms with Gasteiger partial charge >= 0.3 is 0 Å². The molecule has 0 atom stereocenters. The van der Waals surface area contributed by atoms with Gasteiger partial charge in [0, 0.05) is 33.8 Å². The van der Waals surface area contributed by atoms with E-state index in [0.29, 0.717) is 17.5 Å². The molecule has 0 saturated heterocycles. The van der Waals surface area contributed by atoms with E-state index in [-0.39, 0.29) is 0 Å². The molecule has 0 saturated carbocycles. The van der Waals surface area contributed by atoms with Gasteiger partial charge in [-0.15, -0.1) is 0 Å². The van der Waals surface area contributed by atoms with Crippen LogP contribution in [0.5, 0.6) is 0 Å². The van der Waals surface area contributed by atoms with E-state index in [1.165, 1.54) is 10.8 Å². The van der Waals surface area contributed by atoms with E-state index in [4.69, 9.17) is 19.9 Å². The molecule has 0 bridgehead atoms. The number of nitrogens with zero attached hydrogens (tertiary/aromatic N) is 4. The molecule has 0 aliphatic carbocycles. The van der Waals surface area contributed by atoms with Gasteiger partial charge < -0.3 is 0 Å². The molecule has 0 radical (unpaired) electrons. The summed E-state index contributed by atoms with van der Waals surface area (Å²) >= 11 is 0.